The van der Waals surface area contributed by atoms with E-state index in [0.717, 1.165) is 17.8 Å². The number of carbonyl (C=O) groups is 1. The van der Waals surface area contributed by atoms with Crippen LogP contribution in [0.5, 0.6) is 0 Å². The Kier molecular flexibility index (Phi) is 2.97. The van der Waals surface area contributed by atoms with Crippen molar-refractivity contribution in [3.8, 4) is 0 Å². The van der Waals surface area contributed by atoms with Crippen molar-refractivity contribution in [1.82, 2.24) is 9.78 Å². The molecular formula is C16H18N2O. The zero-order valence-electron chi connectivity index (χ0n) is 11.3. The highest BCUT2D eigenvalue weighted by atomic mass is 16.1. The van der Waals surface area contributed by atoms with Gasteiger partial charge in [-0.05, 0) is 30.9 Å². The first kappa shape index (κ1) is 12.2. The van der Waals surface area contributed by atoms with Gasteiger partial charge in [0.05, 0.1) is 5.69 Å². The first-order valence-corrected chi connectivity index (χ1v) is 6.72. The maximum absolute atomic E-state index is 12.3. The number of aromatic nitrogens is 2. The van der Waals surface area contributed by atoms with Crippen LogP contribution in [0, 0.1) is 12.8 Å². The molecule has 0 spiro atoms. The number of benzene rings is 1. The van der Waals surface area contributed by atoms with Gasteiger partial charge in [-0.2, -0.15) is 5.10 Å². The number of nitrogens with zero attached hydrogens (tertiary/aromatic N) is 2. The van der Waals surface area contributed by atoms with Crippen LogP contribution in [0.3, 0.4) is 0 Å². The first-order valence-electron chi connectivity index (χ1n) is 6.72. The number of hydrogen-bond acceptors (Lipinski definition) is 2. The molecule has 1 aromatic carbocycles. The fourth-order valence-corrected chi connectivity index (χ4v) is 2.76. The molecule has 3 nitrogen and oxygen atoms in total. The number of carbonyl (C=O) groups excluding carboxylic acids is 1. The molecule has 0 amide bonds. The van der Waals surface area contributed by atoms with E-state index >= 15 is 0 Å². The molecule has 2 atom stereocenters. The second-order valence-corrected chi connectivity index (χ2v) is 5.40. The van der Waals surface area contributed by atoms with E-state index in [-0.39, 0.29) is 5.92 Å². The maximum Gasteiger partial charge on any atom is 0.142 e. The Labute approximate surface area is 113 Å². The predicted molar refractivity (Wildman–Crippen MR) is 73.9 cm³/mol. The van der Waals surface area contributed by atoms with Gasteiger partial charge < -0.3 is 0 Å². The Morgan fingerprint density at radius 1 is 1.37 bits per heavy atom. The van der Waals surface area contributed by atoms with Crippen LogP contribution < -0.4 is 0 Å². The molecule has 98 valence electrons. The monoisotopic (exact) mass is 254 g/mol. The third-order valence-electron chi connectivity index (χ3n) is 3.89. The summed E-state index contributed by atoms with van der Waals surface area (Å²) in [6.45, 7) is 1.96. The fraction of sp³-hybridized carbons (Fsp3) is 0.375. The van der Waals surface area contributed by atoms with Crippen molar-refractivity contribution in [1.29, 1.82) is 0 Å². The van der Waals surface area contributed by atoms with Gasteiger partial charge in [0, 0.05) is 25.1 Å². The zero-order chi connectivity index (χ0) is 13.4. The van der Waals surface area contributed by atoms with E-state index in [9.17, 15) is 4.79 Å². The Morgan fingerprint density at radius 2 is 2.11 bits per heavy atom. The summed E-state index contributed by atoms with van der Waals surface area (Å²) in [6.07, 6.45) is 1.50. The largest absolute Gasteiger partial charge is 0.299 e. The predicted octanol–water partition coefficient (Wildman–Crippen LogP) is 2.64. The van der Waals surface area contributed by atoms with Crippen LogP contribution in [0.25, 0.3) is 0 Å². The quantitative estimate of drug-likeness (QED) is 0.840. The Hall–Kier alpha value is -1.90. The first-order chi connectivity index (χ1) is 9.15. The summed E-state index contributed by atoms with van der Waals surface area (Å²) in [7, 11) is 1.90. The van der Waals surface area contributed by atoms with Crippen LogP contribution in [0.2, 0.25) is 0 Å². The van der Waals surface area contributed by atoms with Crippen molar-refractivity contribution in [3.63, 3.8) is 0 Å². The van der Waals surface area contributed by atoms with Crippen molar-refractivity contribution in [3.05, 3.63) is 53.3 Å². The van der Waals surface area contributed by atoms with Crippen LogP contribution in [0.15, 0.2) is 36.4 Å². The smallest absolute Gasteiger partial charge is 0.142 e. The van der Waals surface area contributed by atoms with Gasteiger partial charge in [-0.15, -0.1) is 0 Å². The molecule has 1 fully saturated rings. The van der Waals surface area contributed by atoms with E-state index in [1.54, 1.807) is 0 Å². The van der Waals surface area contributed by atoms with Gasteiger partial charge in [0.2, 0.25) is 0 Å². The third kappa shape index (κ3) is 2.46. The summed E-state index contributed by atoms with van der Waals surface area (Å²) in [5, 5.41) is 4.29. The summed E-state index contributed by atoms with van der Waals surface area (Å²) in [5.74, 6) is 0.984. The van der Waals surface area contributed by atoms with Gasteiger partial charge >= 0.3 is 0 Å². The highest BCUT2D eigenvalue weighted by Crippen LogP contribution is 2.48. The van der Waals surface area contributed by atoms with Gasteiger partial charge in [0.25, 0.3) is 0 Å². The summed E-state index contributed by atoms with van der Waals surface area (Å²) >= 11 is 0. The summed E-state index contributed by atoms with van der Waals surface area (Å²) in [6, 6.07) is 12.3. The average molecular weight is 254 g/mol. The molecule has 0 bridgehead atoms. The van der Waals surface area contributed by atoms with Gasteiger partial charge in [-0.1, -0.05) is 30.3 Å². The number of ketones is 1. The molecule has 19 heavy (non-hydrogen) atoms. The molecule has 0 radical (unpaired) electrons. The van der Waals surface area contributed by atoms with Gasteiger partial charge in [0.1, 0.15) is 5.78 Å². The topological polar surface area (TPSA) is 34.9 Å². The number of aryl methyl sites for hydroxylation is 2. The van der Waals surface area contributed by atoms with Gasteiger partial charge in [-0.3, -0.25) is 9.48 Å². The summed E-state index contributed by atoms with van der Waals surface area (Å²) in [5.41, 5.74) is 3.28. The molecule has 1 aliphatic rings. The maximum atomic E-state index is 12.3. The van der Waals surface area contributed by atoms with E-state index in [0.29, 0.717) is 18.1 Å². The minimum Gasteiger partial charge on any atom is -0.299 e. The fourth-order valence-electron chi connectivity index (χ4n) is 2.76. The summed E-state index contributed by atoms with van der Waals surface area (Å²) in [4.78, 5) is 12.3. The van der Waals surface area contributed by atoms with E-state index < -0.39 is 0 Å². The van der Waals surface area contributed by atoms with Crippen molar-refractivity contribution in [2.45, 2.75) is 25.7 Å². The molecule has 3 heteroatoms. The lowest BCUT2D eigenvalue weighted by Crippen LogP contribution is -2.10. The second kappa shape index (κ2) is 4.65. The highest BCUT2D eigenvalue weighted by molar-refractivity contribution is 5.86. The normalized spacial score (nSPS) is 21.4. The third-order valence-corrected chi connectivity index (χ3v) is 3.89. The van der Waals surface area contributed by atoms with Crippen LogP contribution in [-0.2, 0) is 18.3 Å². The van der Waals surface area contributed by atoms with Crippen molar-refractivity contribution in [2.75, 3.05) is 0 Å². The molecule has 0 saturated heterocycles. The molecule has 0 aliphatic heterocycles. The van der Waals surface area contributed by atoms with Crippen LogP contribution in [0.4, 0.5) is 0 Å². The molecule has 1 heterocycles. The minimum atomic E-state index is 0.206. The summed E-state index contributed by atoms with van der Waals surface area (Å²) < 4.78 is 1.81. The SMILES string of the molecule is Cc1cc(CC(=O)C2CC2c2ccccc2)n(C)n1. The molecule has 3 rings (SSSR count). The Balaban J connectivity index is 1.66. The number of hydrogen-bond donors (Lipinski definition) is 0. The number of rotatable bonds is 4. The Morgan fingerprint density at radius 3 is 2.74 bits per heavy atom. The van der Waals surface area contributed by atoms with E-state index in [1.807, 2.05) is 42.9 Å². The molecule has 1 saturated carbocycles. The van der Waals surface area contributed by atoms with Crippen molar-refractivity contribution < 1.29 is 4.79 Å². The van der Waals surface area contributed by atoms with Gasteiger partial charge in [-0.25, -0.2) is 0 Å². The highest BCUT2D eigenvalue weighted by Gasteiger charge is 2.43. The van der Waals surface area contributed by atoms with E-state index in [2.05, 4.69) is 17.2 Å². The molecule has 2 unspecified atom stereocenters. The van der Waals surface area contributed by atoms with E-state index in [1.165, 1.54) is 5.56 Å². The molecule has 2 aromatic rings. The standard InChI is InChI=1S/C16H18N2O/c1-11-8-13(18(2)17-11)9-16(19)15-10-14(15)12-6-4-3-5-7-12/h3-8,14-15H,9-10H2,1-2H3. The number of Topliss-reactive ketones (excluding diaryl/α,β-unsaturated/α-hetero) is 1. The lowest BCUT2D eigenvalue weighted by Gasteiger charge is -2.02. The Bertz CT molecular complexity index is 600. The van der Waals surface area contributed by atoms with Crippen LogP contribution in [0.1, 0.15) is 29.3 Å². The van der Waals surface area contributed by atoms with Crippen molar-refractivity contribution in [2.24, 2.45) is 13.0 Å². The lowest BCUT2D eigenvalue weighted by molar-refractivity contribution is -0.119. The molecular weight excluding hydrogens is 236 g/mol. The second-order valence-electron chi connectivity index (χ2n) is 5.40. The average Bonchev–Trinajstić information content (AvgIpc) is 3.13. The van der Waals surface area contributed by atoms with Crippen LogP contribution >= 0.6 is 0 Å². The zero-order valence-corrected chi connectivity index (χ0v) is 11.3. The van der Waals surface area contributed by atoms with Gasteiger partial charge in [0.15, 0.2) is 0 Å². The molecule has 1 aromatic heterocycles. The molecule has 0 N–H and O–H groups in total. The molecule has 1 aliphatic carbocycles. The minimum absolute atomic E-state index is 0.206. The van der Waals surface area contributed by atoms with Crippen LogP contribution in [-0.4, -0.2) is 15.6 Å². The lowest BCUT2D eigenvalue weighted by atomic mass is 10.1. The van der Waals surface area contributed by atoms with E-state index in [4.69, 9.17) is 0 Å². The van der Waals surface area contributed by atoms with Crippen molar-refractivity contribution >= 4 is 5.78 Å².